The largest absolute Gasteiger partial charge is 0.461 e. The summed E-state index contributed by atoms with van der Waals surface area (Å²) in [4.78, 5) is 24.9. The maximum absolute atomic E-state index is 13.4. The van der Waals surface area contributed by atoms with Gasteiger partial charge in [0, 0.05) is 24.3 Å². The fourth-order valence-corrected chi connectivity index (χ4v) is 8.13. The molecule has 0 bridgehead atoms. The number of piperidine rings is 1. The summed E-state index contributed by atoms with van der Waals surface area (Å²) in [5.74, 6) is -0.144. The second-order valence-corrected chi connectivity index (χ2v) is 17.4. The van der Waals surface area contributed by atoms with Crippen molar-refractivity contribution in [1.82, 2.24) is 14.7 Å². The number of esters is 1. The van der Waals surface area contributed by atoms with Crippen LogP contribution in [-0.2, 0) is 32.2 Å². The Balaban J connectivity index is 1.49. The average Bonchev–Trinajstić information content (AvgIpc) is 3.25. The number of aromatic nitrogens is 2. The first kappa shape index (κ1) is 34.6. The molecule has 10 nitrogen and oxygen atoms in total. The van der Waals surface area contributed by atoms with Crippen molar-refractivity contribution in [1.29, 1.82) is 0 Å². The molecule has 1 saturated heterocycles. The number of nitrogens with zero attached hydrogens (tertiary/aromatic N) is 3. The number of anilines is 2. The summed E-state index contributed by atoms with van der Waals surface area (Å²) in [7, 11) is -4.79. The Kier molecular flexibility index (Phi) is 9.79. The number of halogens is 2. The van der Waals surface area contributed by atoms with Crippen molar-refractivity contribution in [3.8, 4) is 11.3 Å². The van der Waals surface area contributed by atoms with Crippen LogP contribution in [0.2, 0.25) is 10.0 Å². The molecule has 1 aliphatic carbocycles. The van der Waals surface area contributed by atoms with Crippen molar-refractivity contribution in [3.63, 3.8) is 0 Å². The molecule has 5 rings (SSSR count). The minimum Gasteiger partial charge on any atom is -0.461 e. The van der Waals surface area contributed by atoms with E-state index >= 15 is 0 Å². The third kappa shape index (κ3) is 7.06. The fraction of sp³-hybridized carbons (Fsp3) is 0.469. The number of carbonyl (C=O) groups excluding carboxylic acids is 1. The minimum atomic E-state index is -3.45. The van der Waals surface area contributed by atoms with Gasteiger partial charge in [-0.05, 0) is 88.6 Å². The number of carbonyl (C=O) groups is 1. The number of rotatable bonds is 8. The molecule has 2 aromatic carbocycles. The van der Waals surface area contributed by atoms with Gasteiger partial charge in [-0.2, -0.15) is 0 Å². The van der Waals surface area contributed by atoms with Crippen molar-refractivity contribution >= 4 is 61.7 Å². The Bertz CT molecular complexity index is 1800. The highest BCUT2D eigenvalue weighted by atomic mass is 35.5. The molecule has 1 aromatic heterocycles. The minimum absolute atomic E-state index is 0.101. The first-order valence-corrected chi connectivity index (χ1v) is 18.9. The van der Waals surface area contributed by atoms with Crippen LogP contribution in [0.1, 0.15) is 73.9 Å². The predicted octanol–water partition coefficient (Wildman–Crippen LogP) is 6.24. The van der Waals surface area contributed by atoms with E-state index in [4.69, 9.17) is 37.9 Å². The molecule has 0 radical (unpaired) electrons. The molecule has 2 heterocycles. The zero-order chi connectivity index (χ0) is 33.6. The molecule has 0 amide bonds. The van der Waals surface area contributed by atoms with E-state index in [0.717, 1.165) is 17.4 Å². The second kappa shape index (κ2) is 13.0. The molecular formula is C32H39Cl2N5O5S2. The first-order valence-electron chi connectivity index (χ1n) is 15.1. The second-order valence-electron chi connectivity index (χ2n) is 12.9. The lowest BCUT2D eigenvalue weighted by Crippen LogP contribution is -2.48. The zero-order valence-corrected chi connectivity index (χ0v) is 29.9. The van der Waals surface area contributed by atoms with Crippen molar-refractivity contribution in [2.75, 3.05) is 35.6 Å². The van der Waals surface area contributed by atoms with Crippen LogP contribution in [0, 0.1) is 12.3 Å². The SMILES string of the molecule is CCOC(=O)c1nc(-c2cccc(Cl)c2Cl)c(C)nc1N1CCC2(CC1)Cc1cc(NS(C)(=O)=O)ccc1[C@H]2N[S@](=O)C(C)(C)C. The molecule has 2 N–H and O–H groups in total. The summed E-state index contributed by atoms with van der Waals surface area (Å²) >= 11 is 12.8. The number of hydrogen-bond donors (Lipinski definition) is 2. The van der Waals surface area contributed by atoms with Crippen LogP contribution in [0.25, 0.3) is 11.3 Å². The van der Waals surface area contributed by atoms with Crippen LogP contribution in [0.3, 0.4) is 0 Å². The van der Waals surface area contributed by atoms with Crippen LogP contribution in [0.5, 0.6) is 0 Å². The molecule has 46 heavy (non-hydrogen) atoms. The van der Waals surface area contributed by atoms with Crippen LogP contribution in [0.15, 0.2) is 36.4 Å². The van der Waals surface area contributed by atoms with Crippen molar-refractivity contribution < 1.29 is 22.2 Å². The van der Waals surface area contributed by atoms with Gasteiger partial charge in [0.05, 0.1) is 56.1 Å². The summed E-state index contributed by atoms with van der Waals surface area (Å²) in [6, 6.07) is 10.6. The molecule has 0 unspecified atom stereocenters. The molecule has 1 aliphatic heterocycles. The van der Waals surface area contributed by atoms with Gasteiger partial charge >= 0.3 is 5.97 Å². The van der Waals surface area contributed by atoms with Gasteiger partial charge < -0.3 is 9.64 Å². The van der Waals surface area contributed by atoms with Gasteiger partial charge in [0.1, 0.15) is 0 Å². The number of hydrogen-bond acceptors (Lipinski definition) is 8. The molecule has 248 valence electrons. The van der Waals surface area contributed by atoms with Gasteiger partial charge in [0.2, 0.25) is 10.0 Å². The highest BCUT2D eigenvalue weighted by Crippen LogP contribution is 2.53. The lowest BCUT2D eigenvalue weighted by molar-refractivity contribution is 0.0519. The highest BCUT2D eigenvalue weighted by Gasteiger charge is 2.49. The van der Waals surface area contributed by atoms with E-state index in [-0.39, 0.29) is 23.8 Å². The quantitative estimate of drug-likeness (QED) is 0.263. The number of nitrogens with one attached hydrogen (secondary N) is 2. The molecule has 0 saturated carbocycles. The van der Waals surface area contributed by atoms with Gasteiger partial charge in [-0.3, -0.25) is 4.72 Å². The van der Waals surface area contributed by atoms with Crippen molar-refractivity contribution in [3.05, 3.63) is 69.0 Å². The van der Waals surface area contributed by atoms with E-state index in [0.29, 0.717) is 70.9 Å². The standard InChI is InChI=1S/C32H39Cl2N5O5S2/c1-7-44-30(40)27-29(35-19(2)26(36-27)23-9-8-10-24(33)25(23)34)39-15-13-32(14-16-39)18-20-17-21(38-46(6,42)43)11-12-22(20)28(32)37-45(41)31(3,4)5/h8-12,17,28,37-38H,7,13-16,18H2,1-6H3/t28-,45-/m1/s1. The maximum atomic E-state index is 13.4. The first-order chi connectivity index (χ1) is 21.5. The summed E-state index contributed by atoms with van der Waals surface area (Å²) in [5, 5.41) is 0.696. The van der Waals surface area contributed by atoms with E-state index in [9.17, 15) is 17.4 Å². The van der Waals surface area contributed by atoms with E-state index in [1.54, 1.807) is 31.2 Å². The van der Waals surface area contributed by atoms with Crippen LogP contribution < -0.4 is 14.3 Å². The molecule has 3 aromatic rings. The van der Waals surface area contributed by atoms with E-state index < -0.39 is 31.7 Å². The Labute approximate surface area is 283 Å². The molecular weight excluding hydrogens is 669 g/mol. The summed E-state index contributed by atoms with van der Waals surface area (Å²) in [6.45, 7) is 10.6. The van der Waals surface area contributed by atoms with Crippen LogP contribution in [-0.4, -0.2) is 59.3 Å². The Hall–Kier alpha value is -2.77. The monoisotopic (exact) mass is 707 g/mol. The van der Waals surface area contributed by atoms with Gasteiger partial charge in [0.25, 0.3) is 0 Å². The third-order valence-corrected chi connectivity index (χ3v) is 11.5. The molecule has 14 heteroatoms. The topological polar surface area (TPSA) is 131 Å². The Morgan fingerprint density at radius 1 is 1.15 bits per heavy atom. The van der Waals surface area contributed by atoms with Crippen LogP contribution in [0.4, 0.5) is 11.5 Å². The molecule has 1 spiro atoms. The highest BCUT2D eigenvalue weighted by molar-refractivity contribution is 7.92. The molecule has 1 fully saturated rings. The lowest BCUT2D eigenvalue weighted by Gasteiger charge is -2.44. The summed E-state index contributed by atoms with van der Waals surface area (Å²) < 4.78 is 48.2. The van der Waals surface area contributed by atoms with E-state index in [1.165, 1.54) is 0 Å². The third-order valence-electron chi connectivity index (χ3n) is 8.48. The Morgan fingerprint density at radius 2 is 1.85 bits per heavy atom. The molecule has 2 atom stereocenters. The van der Waals surface area contributed by atoms with Crippen molar-refractivity contribution in [2.45, 2.75) is 64.7 Å². The summed E-state index contributed by atoms with van der Waals surface area (Å²) in [5.41, 5.74) is 3.93. The Morgan fingerprint density at radius 3 is 2.48 bits per heavy atom. The van der Waals surface area contributed by atoms with Gasteiger partial charge in [-0.15, -0.1) is 0 Å². The number of ether oxygens (including phenoxy) is 1. The van der Waals surface area contributed by atoms with Gasteiger partial charge in [-0.25, -0.2) is 32.1 Å². The van der Waals surface area contributed by atoms with Crippen molar-refractivity contribution in [2.24, 2.45) is 5.41 Å². The van der Waals surface area contributed by atoms with E-state index in [2.05, 4.69) is 14.3 Å². The average molecular weight is 709 g/mol. The maximum Gasteiger partial charge on any atom is 0.360 e. The number of fused-ring (bicyclic) bond motifs is 1. The number of benzene rings is 2. The zero-order valence-electron chi connectivity index (χ0n) is 26.7. The van der Waals surface area contributed by atoms with Gasteiger partial charge in [0.15, 0.2) is 11.5 Å². The summed E-state index contributed by atoms with van der Waals surface area (Å²) in [6.07, 6.45) is 3.19. The predicted molar refractivity (Wildman–Crippen MR) is 184 cm³/mol. The van der Waals surface area contributed by atoms with E-state index in [1.807, 2.05) is 39.8 Å². The lowest BCUT2D eigenvalue weighted by atomic mass is 9.73. The normalized spacial score (nSPS) is 18.3. The van der Waals surface area contributed by atoms with Gasteiger partial charge in [-0.1, -0.05) is 41.4 Å². The number of sulfonamides is 1. The fourth-order valence-electron chi connectivity index (χ4n) is 6.24. The number of aryl methyl sites for hydroxylation is 1. The smallest absolute Gasteiger partial charge is 0.360 e. The van der Waals surface area contributed by atoms with Crippen LogP contribution >= 0.6 is 23.2 Å². The molecule has 2 aliphatic rings.